The number of hydrogen-bond donors (Lipinski definition) is 0. The standard InChI is InChI=1S/C33H30F2N4O3/c1-3-5-13-24-19-26(34)27(35)20-25(24)30(28-14-9-10-16-36-28)39-22-37(17-4-2)33(41)31-32(29(40)15-18-38(31)39)42-21-23-11-7-6-8-12-23/h3-4,6-12,14-16,18-20,30H,1-2,5,13,17,21-22H2. The van der Waals surface area contributed by atoms with Crippen LogP contribution in [0.15, 0.2) is 109 Å². The Kier molecular flexibility index (Phi) is 8.57. The predicted octanol–water partition coefficient (Wildman–Crippen LogP) is 5.55. The van der Waals surface area contributed by atoms with E-state index in [0.29, 0.717) is 29.7 Å². The maximum absolute atomic E-state index is 14.9. The van der Waals surface area contributed by atoms with Gasteiger partial charge in [0.25, 0.3) is 5.91 Å². The van der Waals surface area contributed by atoms with Crippen LogP contribution in [0, 0.1) is 11.6 Å². The number of carbonyl (C=O) groups is 1. The zero-order valence-electron chi connectivity index (χ0n) is 23.0. The van der Waals surface area contributed by atoms with E-state index >= 15 is 0 Å². The van der Waals surface area contributed by atoms with Gasteiger partial charge in [0.05, 0.1) is 5.69 Å². The Balaban J connectivity index is 1.71. The van der Waals surface area contributed by atoms with E-state index in [9.17, 15) is 18.4 Å². The van der Waals surface area contributed by atoms with Crippen molar-refractivity contribution in [2.45, 2.75) is 25.5 Å². The van der Waals surface area contributed by atoms with E-state index in [1.165, 1.54) is 29.3 Å². The second kappa shape index (κ2) is 12.6. The minimum atomic E-state index is -1.00. The summed E-state index contributed by atoms with van der Waals surface area (Å²) in [5.41, 5.74) is 1.95. The van der Waals surface area contributed by atoms with Crippen molar-refractivity contribution >= 4 is 5.91 Å². The van der Waals surface area contributed by atoms with Crippen LogP contribution in [0.25, 0.3) is 0 Å². The number of hydrogen-bond acceptors (Lipinski definition) is 5. The predicted molar refractivity (Wildman–Crippen MR) is 157 cm³/mol. The number of benzene rings is 2. The van der Waals surface area contributed by atoms with Gasteiger partial charge in [0.15, 0.2) is 23.1 Å². The maximum atomic E-state index is 14.9. The van der Waals surface area contributed by atoms with E-state index < -0.39 is 29.0 Å². The second-order valence-electron chi connectivity index (χ2n) is 9.82. The SMILES string of the molecule is C=CCCc1cc(F)c(F)cc1C(c1ccccn1)N1CN(CC=C)C(=O)c2c(OCc3ccccc3)c(=O)ccn21. The molecular formula is C33H30F2N4O3. The van der Waals surface area contributed by atoms with Crippen molar-refractivity contribution in [2.24, 2.45) is 0 Å². The van der Waals surface area contributed by atoms with Crippen molar-refractivity contribution in [3.8, 4) is 5.75 Å². The molecule has 1 amide bonds. The van der Waals surface area contributed by atoms with Crippen LogP contribution in [0.1, 0.15) is 45.3 Å². The first-order valence-corrected chi connectivity index (χ1v) is 13.5. The minimum Gasteiger partial charge on any atom is -0.482 e. The molecule has 4 aromatic rings. The normalized spacial score (nSPS) is 13.4. The quantitative estimate of drug-likeness (QED) is 0.222. The number of amides is 1. The molecule has 9 heteroatoms. The smallest absolute Gasteiger partial charge is 0.278 e. The third-order valence-corrected chi connectivity index (χ3v) is 7.05. The van der Waals surface area contributed by atoms with Crippen LogP contribution in [-0.2, 0) is 13.0 Å². The molecule has 2 aromatic heterocycles. The molecule has 1 unspecified atom stereocenters. The summed E-state index contributed by atoms with van der Waals surface area (Å²) in [6.07, 6.45) is 7.35. The summed E-state index contributed by atoms with van der Waals surface area (Å²) >= 11 is 0. The van der Waals surface area contributed by atoms with Crippen molar-refractivity contribution < 1.29 is 18.3 Å². The molecule has 3 heterocycles. The zero-order chi connectivity index (χ0) is 29.6. The molecule has 0 aliphatic carbocycles. The van der Waals surface area contributed by atoms with Gasteiger partial charge in [-0.05, 0) is 53.8 Å². The molecule has 1 atom stereocenters. The van der Waals surface area contributed by atoms with Crippen molar-refractivity contribution in [3.63, 3.8) is 0 Å². The van der Waals surface area contributed by atoms with Gasteiger partial charge in [-0.15, -0.1) is 13.2 Å². The van der Waals surface area contributed by atoms with E-state index in [4.69, 9.17) is 4.74 Å². The van der Waals surface area contributed by atoms with E-state index in [2.05, 4.69) is 18.1 Å². The number of pyridine rings is 2. The number of allylic oxidation sites excluding steroid dienone is 1. The van der Waals surface area contributed by atoms with Gasteiger partial charge in [0, 0.05) is 25.0 Å². The highest BCUT2D eigenvalue weighted by atomic mass is 19.2. The van der Waals surface area contributed by atoms with Crippen LogP contribution in [0.5, 0.6) is 5.75 Å². The van der Waals surface area contributed by atoms with Gasteiger partial charge in [-0.2, -0.15) is 0 Å². The lowest BCUT2D eigenvalue weighted by molar-refractivity contribution is 0.0697. The van der Waals surface area contributed by atoms with Crippen LogP contribution in [0.2, 0.25) is 0 Å². The first kappa shape index (κ1) is 28.5. The number of aryl methyl sites for hydroxylation is 1. The Hall–Kier alpha value is -5.05. The van der Waals surface area contributed by atoms with E-state index in [1.807, 2.05) is 30.3 Å². The summed E-state index contributed by atoms with van der Waals surface area (Å²) < 4.78 is 37.0. The number of aromatic nitrogens is 2. The molecule has 0 spiro atoms. The molecule has 0 bridgehead atoms. The fraction of sp³-hybridized carbons (Fsp3) is 0.182. The number of ether oxygens (including phenoxy) is 1. The number of rotatable bonds is 11. The molecule has 0 radical (unpaired) electrons. The Labute approximate surface area is 242 Å². The Morgan fingerprint density at radius 3 is 2.45 bits per heavy atom. The van der Waals surface area contributed by atoms with Crippen molar-refractivity contribution in [1.82, 2.24) is 14.6 Å². The summed E-state index contributed by atoms with van der Waals surface area (Å²) in [4.78, 5) is 33.0. The molecule has 1 aliphatic heterocycles. The van der Waals surface area contributed by atoms with E-state index in [-0.39, 0.29) is 31.3 Å². The lowest BCUT2D eigenvalue weighted by Gasteiger charge is -2.44. The molecule has 7 nitrogen and oxygen atoms in total. The van der Waals surface area contributed by atoms with Gasteiger partial charge < -0.3 is 9.64 Å². The van der Waals surface area contributed by atoms with Crippen LogP contribution < -0.4 is 15.2 Å². The molecule has 5 rings (SSSR count). The van der Waals surface area contributed by atoms with Gasteiger partial charge in [-0.3, -0.25) is 24.3 Å². The van der Waals surface area contributed by atoms with Gasteiger partial charge in [0.2, 0.25) is 5.43 Å². The minimum absolute atomic E-state index is 0.0164. The van der Waals surface area contributed by atoms with Gasteiger partial charge in [0.1, 0.15) is 19.3 Å². The molecule has 2 aromatic carbocycles. The largest absolute Gasteiger partial charge is 0.482 e. The van der Waals surface area contributed by atoms with Gasteiger partial charge in [-0.1, -0.05) is 48.6 Å². The van der Waals surface area contributed by atoms with E-state index in [0.717, 1.165) is 5.56 Å². The number of nitrogens with zero attached hydrogens (tertiary/aromatic N) is 4. The molecule has 214 valence electrons. The van der Waals surface area contributed by atoms with Crippen LogP contribution in [0.4, 0.5) is 8.78 Å². The van der Waals surface area contributed by atoms with Crippen molar-refractivity contribution in [2.75, 3.05) is 18.2 Å². The highest BCUT2D eigenvalue weighted by Crippen LogP contribution is 2.34. The molecular weight excluding hydrogens is 538 g/mol. The van der Waals surface area contributed by atoms with Crippen LogP contribution in [-0.4, -0.2) is 33.7 Å². The average Bonchev–Trinajstić information content (AvgIpc) is 3.00. The van der Waals surface area contributed by atoms with E-state index in [1.54, 1.807) is 46.2 Å². The summed E-state index contributed by atoms with van der Waals surface area (Å²) in [5, 5.41) is 1.79. The highest BCUT2D eigenvalue weighted by Gasteiger charge is 2.38. The Bertz CT molecular complexity index is 1660. The number of halogens is 2. The summed E-state index contributed by atoms with van der Waals surface area (Å²) in [5.74, 6) is -2.50. The highest BCUT2D eigenvalue weighted by molar-refractivity contribution is 5.96. The average molecular weight is 569 g/mol. The molecule has 42 heavy (non-hydrogen) atoms. The summed E-state index contributed by atoms with van der Waals surface area (Å²) in [6, 6.07) is 17.6. The number of fused-ring (bicyclic) bond motifs is 1. The fourth-order valence-corrected chi connectivity index (χ4v) is 5.09. The van der Waals surface area contributed by atoms with Crippen LogP contribution >= 0.6 is 0 Å². The molecule has 1 aliphatic rings. The first-order valence-electron chi connectivity index (χ1n) is 13.5. The topological polar surface area (TPSA) is 67.7 Å². The van der Waals surface area contributed by atoms with Gasteiger partial charge in [-0.25, -0.2) is 8.78 Å². The Morgan fingerprint density at radius 1 is 0.976 bits per heavy atom. The Morgan fingerprint density at radius 2 is 1.74 bits per heavy atom. The molecule has 0 saturated heterocycles. The number of carbonyl (C=O) groups excluding carboxylic acids is 1. The summed E-state index contributed by atoms with van der Waals surface area (Å²) in [7, 11) is 0. The molecule has 0 saturated carbocycles. The maximum Gasteiger partial charge on any atom is 0.278 e. The van der Waals surface area contributed by atoms with Crippen molar-refractivity contribution in [1.29, 1.82) is 0 Å². The second-order valence-corrected chi connectivity index (χ2v) is 9.82. The third-order valence-electron chi connectivity index (χ3n) is 7.05. The summed E-state index contributed by atoms with van der Waals surface area (Å²) in [6.45, 7) is 7.85. The third kappa shape index (κ3) is 5.72. The monoisotopic (exact) mass is 568 g/mol. The molecule has 0 N–H and O–H groups in total. The fourth-order valence-electron chi connectivity index (χ4n) is 5.09. The zero-order valence-corrected chi connectivity index (χ0v) is 23.0. The molecule has 0 fully saturated rings. The lowest BCUT2D eigenvalue weighted by atomic mass is 9.93. The van der Waals surface area contributed by atoms with Gasteiger partial charge >= 0.3 is 0 Å². The first-order chi connectivity index (χ1) is 20.4. The van der Waals surface area contributed by atoms with Crippen molar-refractivity contribution in [3.05, 3.63) is 154 Å². The lowest BCUT2D eigenvalue weighted by Crippen LogP contribution is -2.55. The van der Waals surface area contributed by atoms with Crippen LogP contribution in [0.3, 0.4) is 0 Å².